The molecule has 2 aromatic carbocycles. The molecule has 0 radical (unpaired) electrons. The van der Waals surface area contributed by atoms with Crippen LogP contribution in [-0.2, 0) is 5.75 Å². The summed E-state index contributed by atoms with van der Waals surface area (Å²) in [5.74, 6) is 2.40. The van der Waals surface area contributed by atoms with E-state index in [1.54, 1.807) is 18.9 Å². The van der Waals surface area contributed by atoms with Gasteiger partial charge in [-0.05, 0) is 24.3 Å². The summed E-state index contributed by atoms with van der Waals surface area (Å²) in [6.45, 7) is 0. The lowest BCUT2D eigenvalue weighted by Gasteiger charge is -2.01. The molecule has 0 aliphatic carbocycles. The average molecular weight is 354 g/mol. The second-order valence-electron chi connectivity index (χ2n) is 5.05. The second kappa shape index (κ2) is 6.62. The molecule has 4 rings (SSSR count). The quantitative estimate of drug-likeness (QED) is 0.504. The number of hydrogen-bond donors (Lipinski definition) is 0. The van der Waals surface area contributed by atoms with Crippen LogP contribution in [0.2, 0.25) is 0 Å². The molecule has 0 unspecified atom stereocenters. The van der Waals surface area contributed by atoms with Crippen LogP contribution in [-0.4, -0.2) is 26.9 Å². The topological polar surface area (TPSA) is 52.3 Å². The summed E-state index contributed by atoms with van der Waals surface area (Å²) in [6.07, 6.45) is 0. The van der Waals surface area contributed by atoms with Crippen molar-refractivity contribution >= 4 is 28.1 Å². The highest BCUT2D eigenvalue weighted by Gasteiger charge is 2.13. The fourth-order valence-electron chi connectivity index (χ4n) is 2.28. The number of thioether (sulfide) groups is 1. The van der Waals surface area contributed by atoms with Crippen LogP contribution in [0.15, 0.2) is 59.5 Å². The summed E-state index contributed by atoms with van der Waals surface area (Å²) in [4.78, 5) is 2.01. The monoisotopic (exact) mass is 354 g/mol. The molecule has 0 N–H and O–H groups in total. The molecule has 0 saturated carbocycles. The molecule has 5 nitrogen and oxygen atoms in total. The maximum atomic E-state index is 5.28. The molecule has 0 aliphatic heterocycles. The van der Waals surface area contributed by atoms with Gasteiger partial charge in [0.15, 0.2) is 5.82 Å². The number of methoxy groups -OCH3 is 1. The number of ether oxygens (including phenoxy) is 1. The number of hydrogen-bond acceptors (Lipinski definition) is 6. The van der Waals surface area contributed by atoms with E-state index in [1.165, 1.54) is 16.2 Å². The smallest absolute Gasteiger partial charge is 0.235 e. The van der Waals surface area contributed by atoms with Gasteiger partial charge in [0.1, 0.15) is 10.8 Å². The average Bonchev–Trinajstić information content (AvgIpc) is 3.22. The minimum absolute atomic E-state index is 0.729. The first-order chi connectivity index (χ1) is 11.8. The highest BCUT2D eigenvalue weighted by atomic mass is 32.2. The Morgan fingerprint density at radius 2 is 1.96 bits per heavy atom. The number of aromatic nitrogens is 4. The molecule has 0 saturated heterocycles. The molecule has 7 heteroatoms. The van der Waals surface area contributed by atoms with Gasteiger partial charge in [-0.15, -0.1) is 22.0 Å². The van der Waals surface area contributed by atoms with Crippen LogP contribution < -0.4 is 4.74 Å². The third kappa shape index (κ3) is 3.00. The minimum atomic E-state index is 0.729. The van der Waals surface area contributed by atoms with E-state index in [-0.39, 0.29) is 0 Å². The minimum Gasteiger partial charge on any atom is -0.497 e. The van der Waals surface area contributed by atoms with Crippen LogP contribution >= 0.6 is 23.1 Å². The van der Waals surface area contributed by atoms with Gasteiger partial charge in [0.25, 0.3) is 0 Å². The third-order valence-electron chi connectivity index (χ3n) is 3.48. The zero-order valence-electron chi connectivity index (χ0n) is 12.9. The molecule has 0 amide bonds. The number of fused-ring (bicyclic) bond motifs is 1. The summed E-state index contributed by atoms with van der Waals surface area (Å²) < 4.78 is 7.11. The lowest BCUT2D eigenvalue weighted by Crippen LogP contribution is -1.94. The van der Waals surface area contributed by atoms with Gasteiger partial charge in [-0.25, -0.2) is 0 Å². The van der Waals surface area contributed by atoms with E-state index in [9.17, 15) is 0 Å². The van der Waals surface area contributed by atoms with Crippen LogP contribution in [0.5, 0.6) is 5.75 Å². The van der Waals surface area contributed by atoms with E-state index in [4.69, 9.17) is 4.74 Å². The molecule has 2 aromatic heterocycles. The van der Waals surface area contributed by atoms with Crippen molar-refractivity contribution in [3.05, 3.63) is 60.4 Å². The van der Waals surface area contributed by atoms with Gasteiger partial charge in [-0.2, -0.15) is 9.61 Å². The van der Waals surface area contributed by atoms with Gasteiger partial charge >= 0.3 is 0 Å². The van der Waals surface area contributed by atoms with Crippen molar-refractivity contribution in [3.8, 4) is 16.3 Å². The van der Waals surface area contributed by atoms with Crippen LogP contribution in [0.1, 0.15) is 5.82 Å². The molecular formula is C17H14N4OS2. The van der Waals surface area contributed by atoms with Crippen molar-refractivity contribution in [2.45, 2.75) is 10.6 Å². The van der Waals surface area contributed by atoms with E-state index >= 15 is 0 Å². The maximum Gasteiger partial charge on any atom is 0.235 e. The van der Waals surface area contributed by atoms with Gasteiger partial charge < -0.3 is 4.74 Å². The van der Waals surface area contributed by atoms with Crippen LogP contribution in [0.3, 0.4) is 0 Å². The van der Waals surface area contributed by atoms with Gasteiger partial charge in [-0.3, -0.25) is 0 Å². The van der Waals surface area contributed by atoms with E-state index < -0.39 is 0 Å². The van der Waals surface area contributed by atoms with E-state index in [1.807, 2.05) is 47.0 Å². The van der Waals surface area contributed by atoms with Crippen LogP contribution in [0.4, 0.5) is 0 Å². The van der Waals surface area contributed by atoms with Crippen molar-refractivity contribution in [2.24, 2.45) is 0 Å². The molecule has 24 heavy (non-hydrogen) atoms. The fourth-order valence-corrected chi connectivity index (χ4v) is 3.96. The molecule has 0 atom stereocenters. The second-order valence-corrected chi connectivity index (χ2v) is 7.06. The molecule has 2 heterocycles. The van der Waals surface area contributed by atoms with Gasteiger partial charge in [0.2, 0.25) is 4.96 Å². The summed E-state index contributed by atoms with van der Waals surface area (Å²) in [5, 5.41) is 14.1. The Morgan fingerprint density at radius 1 is 1.08 bits per heavy atom. The number of rotatable bonds is 5. The lowest BCUT2D eigenvalue weighted by atomic mass is 10.2. The Kier molecular flexibility index (Phi) is 4.18. The van der Waals surface area contributed by atoms with Crippen LogP contribution in [0, 0.1) is 0 Å². The molecule has 0 bridgehead atoms. The van der Waals surface area contributed by atoms with E-state index in [0.717, 1.165) is 32.9 Å². The van der Waals surface area contributed by atoms with Crippen molar-refractivity contribution in [1.29, 1.82) is 0 Å². The lowest BCUT2D eigenvalue weighted by molar-refractivity contribution is 0.415. The molecule has 0 fully saturated rings. The zero-order chi connectivity index (χ0) is 16.4. The molecule has 120 valence electrons. The Balaban J connectivity index is 1.61. The maximum absolute atomic E-state index is 5.28. The largest absolute Gasteiger partial charge is 0.497 e. The normalized spacial score (nSPS) is 11.0. The third-order valence-corrected chi connectivity index (χ3v) is 5.44. The first kappa shape index (κ1) is 15.2. The number of nitrogens with zero attached hydrogens (tertiary/aromatic N) is 4. The van der Waals surface area contributed by atoms with Gasteiger partial charge in [0.05, 0.1) is 12.9 Å². The van der Waals surface area contributed by atoms with E-state index in [2.05, 4.69) is 27.4 Å². The SMILES string of the molecule is COc1cccc(-c2nn3c(CSc4ccccc4)nnc3s2)c1. The predicted octanol–water partition coefficient (Wildman–Crippen LogP) is 4.15. The highest BCUT2D eigenvalue weighted by molar-refractivity contribution is 7.98. The van der Waals surface area contributed by atoms with Crippen molar-refractivity contribution in [2.75, 3.05) is 7.11 Å². The standard InChI is InChI=1S/C17H14N4OS2/c1-22-13-7-5-6-12(10-13)16-20-21-15(18-19-17(21)24-16)11-23-14-8-3-2-4-9-14/h2-10H,11H2,1H3. The molecule has 4 aromatic rings. The number of benzene rings is 2. The molecule has 0 aliphatic rings. The fraction of sp³-hybridized carbons (Fsp3) is 0.118. The van der Waals surface area contributed by atoms with Crippen molar-refractivity contribution in [1.82, 2.24) is 19.8 Å². The Bertz CT molecular complexity index is 965. The van der Waals surface area contributed by atoms with Gasteiger partial charge in [0, 0.05) is 10.5 Å². The van der Waals surface area contributed by atoms with E-state index in [0.29, 0.717) is 0 Å². The summed E-state index contributed by atoms with van der Waals surface area (Å²) >= 11 is 3.25. The van der Waals surface area contributed by atoms with Gasteiger partial charge in [-0.1, -0.05) is 41.7 Å². The predicted molar refractivity (Wildman–Crippen MR) is 96.7 cm³/mol. The first-order valence-corrected chi connectivity index (χ1v) is 9.17. The van der Waals surface area contributed by atoms with Crippen molar-refractivity contribution in [3.63, 3.8) is 0 Å². The van der Waals surface area contributed by atoms with Crippen molar-refractivity contribution < 1.29 is 4.74 Å². The summed E-state index contributed by atoms with van der Waals surface area (Å²) in [6, 6.07) is 18.1. The first-order valence-electron chi connectivity index (χ1n) is 7.37. The molecular weight excluding hydrogens is 340 g/mol. The Hall–Kier alpha value is -2.38. The van der Waals surface area contributed by atoms with Crippen LogP contribution in [0.25, 0.3) is 15.5 Å². The summed E-state index contributed by atoms with van der Waals surface area (Å²) in [5.41, 5.74) is 1.02. The Labute approximate surface area is 147 Å². The zero-order valence-corrected chi connectivity index (χ0v) is 14.5. The molecule has 0 spiro atoms. The highest BCUT2D eigenvalue weighted by Crippen LogP contribution is 2.29. The Morgan fingerprint density at radius 3 is 2.79 bits per heavy atom. The summed E-state index contributed by atoms with van der Waals surface area (Å²) in [7, 11) is 1.66.